The summed E-state index contributed by atoms with van der Waals surface area (Å²) in [6, 6.07) is 0. The fourth-order valence-corrected chi connectivity index (χ4v) is 7.59. The first kappa shape index (κ1) is 15.7. The molecule has 0 aromatic carbocycles. The normalized spacial score (nSPS) is 57.6. The summed E-state index contributed by atoms with van der Waals surface area (Å²) in [5, 5.41) is 20.7. The standard InChI is InChI=1S/C19H29BrO2/c1-18-7-5-12(21)9-11(18)3-4-13-14(18)6-8-19(2)15(13)10-16(20)17(19)22/h3,12-17,21-22H,4-10H2,1-2H3/t12?,13-,14-,15+,16?,17?,18+,19+/m1/s1. The van der Waals surface area contributed by atoms with Crippen LogP contribution in [0.5, 0.6) is 0 Å². The van der Waals surface area contributed by atoms with E-state index in [1.54, 1.807) is 0 Å². The third-order valence-electron chi connectivity index (χ3n) is 8.01. The number of alkyl halides is 1. The van der Waals surface area contributed by atoms with Gasteiger partial charge in [0, 0.05) is 4.83 Å². The monoisotopic (exact) mass is 368 g/mol. The van der Waals surface area contributed by atoms with Crippen molar-refractivity contribution < 1.29 is 10.2 Å². The highest BCUT2D eigenvalue weighted by Gasteiger charge is 2.60. The zero-order valence-electron chi connectivity index (χ0n) is 13.8. The Morgan fingerprint density at radius 3 is 2.68 bits per heavy atom. The lowest BCUT2D eigenvalue weighted by Gasteiger charge is -2.57. The van der Waals surface area contributed by atoms with E-state index in [9.17, 15) is 10.2 Å². The Balaban J connectivity index is 1.68. The highest BCUT2D eigenvalue weighted by molar-refractivity contribution is 9.09. The van der Waals surface area contributed by atoms with E-state index in [1.165, 1.54) is 12.0 Å². The van der Waals surface area contributed by atoms with Crippen LogP contribution < -0.4 is 0 Å². The maximum atomic E-state index is 10.7. The quantitative estimate of drug-likeness (QED) is 0.500. The van der Waals surface area contributed by atoms with Crippen LogP contribution in [0, 0.1) is 28.6 Å². The molecule has 4 aliphatic rings. The van der Waals surface area contributed by atoms with E-state index in [4.69, 9.17) is 0 Å². The summed E-state index contributed by atoms with van der Waals surface area (Å²) >= 11 is 3.74. The van der Waals surface area contributed by atoms with Crippen LogP contribution in [0.15, 0.2) is 11.6 Å². The van der Waals surface area contributed by atoms with Crippen molar-refractivity contribution in [1.29, 1.82) is 0 Å². The molecule has 8 atom stereocenters. The van der Waals surface area contributed by atoms with Gasteiger partial charge in [0.15, 0.2) is 0 Å². The second-order valence-electron chi connectivity index (χ2n) is 8.90. The molecule has 124 valence electrons. The van der Waals surface area contributed by atoms with Crippen molar-refractivity contribution in [2.75, 3.05) is 0 Å². The molecule has 22 heavy (non-hydrogen) atoms. The molecule has 2 nitrogen and oxygen atoms in total. The summed E-state index contributed by atoms with van der Waals surface area (Å²) < 4.78 is 0. The molecule has 0 heterocycles. The topological polar surface area (TPSA) is 40.5 Å². The Hall–Kier alpha value is 0.140. The zero-order chi connectivity index (χ0) is 15.7. The molecular weight excluding hydrogens is 340 g/mol. The van der Waals surface area contributed by atoms with Gasteiger partial charge in [-0.2, -0.15) is 0 Å². The van der Waals surface area contributed by atoms with E-state index >= 15 is 0 Å². The molecule has 3 fully saturated rings. The highest BCUT2D eigenvalue weighted by atomic mass is 79.9. The molecule has 4 aliphatic carbocycles. The summed E-state index contributed by atoms with van der Waals surface area (Å²) in [5.74, 6) is 2.12. The van der Waals surface area contributed by atoms with Crippen molar-refractivity contribution >= 4 is 15.9 Å². The van der Waals surface area contributed by atoms with Gasteiger partial charge in [0.1, 0.15) is 0 Å². The minimum Gasteiger partial charge on any atom is -0.393 e. The van der Waals surface area contributed by atoms with E-state index in [0.29, 0.717) is 11.3 Å². The van der Waals surface area contributed by atoms with Gasteiger partial charge in [0.05, 0.1) is 12.2 Å². The summed E-state index contributed by atoms with van der Waals surface area (Å²) in [6.45, 7) is 4.78. The maximum absolute atomic E-state index is 10.7. The van der Waals surface area contributed by atoms with Crippen LogP contribution >= 0.6 is 15.9 Å². The van der Waals surface area contributed by atoms with Crippen molar-refractivity contribution in [1.82, 2.24) is 0 Å². The lowest BCUT2D eigenvalue weighted by Crippen LogP contribution is -2.51. The Bertz CT molecular complexity index is 504. The Labute approximate surface area is 142 Å². The number of rotatable bonds is 0. The van der Waals surface area contributed by atoms with Gasteiger partial charge in [0.25, 0.3) is 0 Å². The van der Waals surface area contributed by atoms with Crippen LogP contribution in [-0.4, -0.2) is 27.2 Å². The molecule has 0 amide bonds. The number of aliphatic hydroxyl groups is 2. The van der Waals surface area contributed by atoms with Crippen molar-refractivity contribution in [2.24, 2.45) is 28.6 Å². The van der Waals surface area contributed by atoms with Crippen LogP contribution in [0.25, 0.3) is 0 Å². The first-order chi connectivity index (χ1) is 10.4. The molecule has 0 saturated heterocycles. The van der Waals surface area contributed by atoms with E-state index in [2.05, 4.69) is 35.9 Å². The SMILES string of the molecule is C[C@]12CCC(O)CC1=CC[C@@H]1[C@H]2CC[C@]2(C)C(O)C(Br)C[C@@H]12. The smallest absolute Gasteiger partial charge is 0.0721 e. The largest absolute Gasteiger partial charge is 0.393 e. The van der Waals surface area contributed by atoms with Crippen molar-refractivity contribution in [3.05, 3.63) is 11.6 Å². The molecular formula is C19H29BrO2. The molecule has 3 saturated carbocycles. The average Bonchev–Trinajstić information content (AvgIpc) is 2.72. The summed E-state index contributed by atoms with van der Waals surface area (Å²) in [4.78, 5) is 0.271. The summed E-state index contributed by atoms with van der Waals surface area (Å²) in [7, 11) is 0. The first-order valence-corrected chi connectivity index (χ1v) is 9.97. The second kappa shape index (κ2) is 5.07. The Morgan fingerprint density at radius 2 is 1.91 bits per heavy atom. The van der Waals surface area contributed by atoms with E-state index < -0.39 is 0 Å². The number of halogens is 1. The van der Waals surface area contributed by atoms with Gasteiger partial charge in [-0.25, -0.2) is 0 Å². The van der Waals surface area contributed by atoms with Gasteiger partial charge in [-0.15, -0.1) is 0 Å². The molecule has 0 aliphatic heterocycles. The van der Waals surface area contributed by atoms with Crippen LogP contribution in [0.3, 0.4) is 0 Å². The second-order valence-corrected chi connectivity index (χ2v) is 10.1. The fraction of sp³-hybridized carbons (Fsp3) is 0.895. The van der Waals surface area contributed by atoms with Gasteiger partial charge in [-0.3, -0.25) is 0 Å². The highest BCUT2D eigenvalue weighted by Crippen LogP contribution is 2.65. The summed E-state index contributed by atoms with van der Waals surface area (Å²) in [5.41, 5.74) is 1.94. The number of aliphatic hydroxyl groups excluding tert-OH is 2. The summed E-state index contributed by atoms with van der Waals surface area (Å²) in [6.07, 6.45) is 9.85. The first-order valence-electron chi connectivity index (χ1n) is 9.06. The van der Waals surface area contributed by atoms with E-state index in [1.807, 2.05) is 0 Å². The minimum absolute atomic E-state index is 0.102. The number of fused-ring (bicyclic) bond motifs is 5. The minimum atomic E-state index is -0.190. The van der Waals surface area contributed by atoms with Gasteiger partial charge in [-0.05, 0) is 73.5 Å². The average molecular weight is 369 g/mol. The predicted octanol–water partition coefficient (Wildman–Crippen LogP) is 4.04. The molecule has 3 heteroatoms. The Kier molecular flexibility index (Phi) is 3.61. The molecule has 3 unspecified atom stereocenters. The Morgan fingerprint density at radius 1 is 1.14 bits per heavy atom. The van der Waals surface area contributed by atoms with Gasteiger partial charge >= 0.3 is 0 Å². The lowest BCUT2D eigenvalue weighted by molar-refractivity contribution is -0.0706. The molecule has 0 spiro atoms. The molecule has 0 aromatic rings. The maximum Gasteiger partial charge on any atom is 0.0721 e. The molecule has 2 N–H and O–H groups in total. The van der Waals surface area contributed by atoms with Gasteiger partial charge < -0.3 is 10.2 Å². The third-order valence-corrected chi connectivity index (χ3v) is 8.89. The number of hydrogen-bond acceptors (Lipinski definition) is 2. The van der Waals surface area contributed by atoms with Crippen LogP contribution in [0.4, 0.5) is 0 Å². The van der Waals surface area contributed by atoms with Crippen LogP contribution in [-0.2, 0) is 0 Å². The van der Waals surface area contributed by atoms with Crippen molar-refractivity contribution in [2.45, 2.75) is 75.8 Å². The molecule has 4 rings (SSSR count). The van der Waals surface area contributed by atoms with Gasteiger partial charge in [-0.1, -0.05) is 41.4 Å². The zero-order valence-corrected chi connectivity index (χ0v) is 15.3. The lowest BCUT2D eigenvalue weighted by atomic mass is 9.48. The number of allylic oxidation sites excluding steroid dienone is 1. The van der Waals surface area contributed by atoms with Crippen LogP contribution in [0.1, 0.15) is 58.8 Å². The van der Waals surface area contributed by atoms with Gasteiger partial charge in [0.2, 0.25) is 0 Å². The predicted molar refractivity (Wildman–Crippen MR) is 91.8 cm³/mol. The van der Waals surface area contributed by atoms with Crippen molar-refractivity contribution in [3.63, 3.8) is 0 Å². The van der Waals surface area contributed by atoms with Crippen molar-refractivity contribution in [3.8, 4) is 0 Å². The van der Waals surface area contributed by atoms with Crippen LogP contribution in [0.2, 0.25) is 0 Å². The number of hydrogen-bond donors (Lipinski definition) is 2. The fourth-order valence-electron chi connectivity index (χ4n) is 6.59. The third kappa shape index (κ3) is 1.97. The molecule has 0 radical (unpaired) electrons. The van der Waals surface area contributed by atoms with E-state index in [0.717, 1.165) is 50.4 Å². The van der Waals surface area contributed by atoms with E-state index in [-0.39, 0.29) is 22.5 Å². The molecule has 0 bridgehead atoms. The molecule has 0 aromatic heterocycles.